The minimum absolute atomic E-state index is 0.135. The van der Waals surface area contributed by atoms with Crippen LogP contribution in [-0.2, 0) is 13.1 Å². The molecule has 6 nitrogen and oxygen atoms in total. The lowest BCUT2D eigenvalue weighted by Gasteiger charge is -2.34. The molecule has 0 unspecified atom stereocenters. The number of hydrogen-bond acceptors (Lipinski definition) is 3. The van der Waals surface area contributed by atoms with Crippen molar-refractivity contribution in [1.82, 2.24) is 4.90 Å². The molecule has 2 aromatic rings. The summed E-state index contributed by atoms with van der Waals surface area (Å²) in [5, 5.41) is 8.91. The summed E-state index contributed by atoms with van der Waals surface area (Å²) in [4.78, 5) is 26.6. The Labute approximate surface area is 139 Å². The number of aromatic carboxylic acids is 1. The van der Waals surface area contributed by atoms with Crippen molar-refractivity contribution < 1.29 is 19.1 Å². The van der Waals surface area contributed by atoms with E-state index >= 15 is 0 Å². The molecule has 0 radical (unpaired) electrons. The molecule has 3 rings (SSSR count). The summed E-state index contributed by atoms with van der Waals surface area (Å²) in [5.74, 6) is 5.04. The van der Waals surface area contributed by atoms with Crippen LogP contribution < -0.4 is 4.90 Å². The van der Waals surface area contributed by atoms with Crippen LogP contribution in [0.3, 0.4) is 0 Å². The van der Waals surface area contributed by atoms with Crippen LogP contribution in [0.5, 0.6) is 0 Å². The normalized spacial score (nSPS) is 13.3. The Kier molecular flexibility index (Phi) is 4.00. The number of carbonyl (C=O) groups excluding carboxylic acids is 1. The number of fused-ring (bicyclic) bond motifs is 1. The molecule has 2 amide bonds. The lowest BCUT2D eigenvalue weighted by atomic mass is 10.1. The van der Waals surface area contributed by atoms with Crippen molar-refractivity contribution >= 4 is 17.7 Å². The first kappa shape index (κ1) is 15.7. The minimum Gasteiger partial charge on any atom is -0.475 e. The average Bonchev–Trinajstić information content (AvgIpc) is 3.01. The average molecular weight is 324 g/mol. The van der Waals surface area contributed by atoms with Gasteiger partial charge < -0.3 is 14.4 Å². The van der Waals surface area contributed by atoms with Crippen LogP contribution in [0.4, 0.5) is 10.5 Å². The lowest BCUT2D eigenvalue weighted by Crippen LogP contribution is -2.44. The Morgan fingerprint density at radius 3 is 2.79 bits per heavy atom. The molecule has 0 saturated heterocycles. The lowest BCUT2D eigenvalue weighted by molar-refractivity contribution is 0.0659. The van der Waals surface area contributed by atoms with Gasteiger partial charge in [0.1, 0.15) is 5.76 Å². The van der Waals surface area contributed by atoms with Crippen molar-refractivity contribution in [3.63, 3.8) is 0 Å². The largest absolute Gasteiger partial charge is 0.475 e. The molecule has 0 bridgehead atoms. The van der Waals surface area contributed by atoms with Crippen LogP contribution >= 0.6 is 0 Å². The summed E-state index contributed by atoms with van der Waals surface area (Å²) in [7, 11) is 1.71. The molecule has 0 aliphatic carbocycles. The number of carbonyl (C=O) groups is 2. The molecule has 1 aromatic carbocycles. The van der Waals surface area contributed by atoms with E-state index in [4.69, 9.17) is 9.52 Å². The molecule has 122 valence electrons. The maximum atomic E-state index is 12.5. The maximum absolute atomic E-state index is 12.5. The van der Waals surface area contributed by atoms with Crippen molar-refractivity contribution in [2.45, 2.75) is 20.0 Å². The fourth-order valence-corrected chi connectivity index (χ4v) is 2.74. The van der Waals surface area contributed by atoms with E-state index in [0.29, 0.717) is 12.3 Å². The second kappa shape index (κ2) is 6.13. The van der Waals surface area contributed by atoms with Crippen LogP contribution in [0.2, 0.25) is 0 Å². The summed E-state index contributed by atoms with van der Waals surface area (Å²) in [6, 6.07) is 8.54. The smallest absolute Gasteiger partial charge is 0.371 e. The molecular formula is C18H16N2O4. The number of furan rings is 1. The van der Waals surface area contributed by atoms with Gasteiger partial charge in [0.15, 0.2) is 0 Å². The van der Waals surface area contributed by atoms with Gasteiger partial charge in [-0.3, -0.25) is 4.90 Å². The van der Waals surface area contributed by atoms with E-state index in [1.807, 2.05) is 18.2 Å². The number of amides is 2. The first-order valence-corrected chi connectivity index (χ1v) is 7.40. The van der Waals surface area contributed by atoms with Crippen LogP contribution in [0.1, 0.15) is 34.4 Å². The van der Waals surface area contributed by atoms with Gasteiger partial charge in [0.05, 0.1) is 18.8 Å². The number of hydrogen-bond donors (Lipinski definition) is 1. The molecule has 0 atom stereocenters. The number of carboxylic acid groups (broad SMARTS) is 1. The minimum atomic E-state index is -1.13. The van der Waals surface area contributed by atoms with Crippen LogP contribution in [0.25, 0.3) is 0 Å². The highest BCUT2D eigenvalue weighted by molar-refractivity contribution is 5.94. The molecular weight excluding hydrogens is 308 g/mol. The molecule has 1 aliphatic rings. The number of nitrogens with zero attached hydrogens (tertiary/aromatic N) is 2. The van der Waals surface area contributed by atoms with Crippen LogP contribution in [-0.4, -0.2) is 29.1 Å². The van der Waals surface area contributed by atoms with Crippen molar-refractivity contribution in [2.24, 2.45) is 0 Å². The van der Waals surface area contributed by atoms with Gasteiger partial charge in [-0.1, -0.05) is 5.92 Å². The maximum Gasteiger partial charge on any atom is 0.371 e. The van der Waals surface area contributed by atoms with E-state index in [1.54, 1.807) is 29.8 Å². The van der Waals surface area contributed by atoms with E-state index in [-0.39, 0.29) is 18.3 Å². The molecule has 24 heavy (non-hydrogen) atoms. The number of benzene rings is 1. The molecule has 1 aliphatic heterocycles. The third kappa shape index (κ3) is 2.84. The predicted molar refractivity (Wildman–Crippen MR) is 87.7 cm³/mol. The number of carboxylic acids is 1. The molecule has 1 N–H and O–H groups in total. The number of urea groups is 1. The summed E-state index contributed by atoms with van der Waals surface area (Å²) < 4.78 is 5.25. The standard InChI is InChI=1S/C18H16N2O4/c1-3-4-12-5-7-15-13(9-12)10-20(18(23)19(15)2)11-14-6-8-16(24-14)17(21)22/h5-9H,10-11H2,1-2H3,(H,21,22). The molecule has 2 heterocycles. The summed E-state index contributed by atoms with van der Waals surface area (Å²) in [6.45, 7) is 2.40. The molecule has 6 heteroatoms. The van der Waals surface area contributed by atoms with Gasteiger partial charge in [0.25, 0.3) is 0 Å². The Bertz CT molecular complexity index is 873. The first-order chi connectivity index (χ1) is 11.5. The van der Waals surface area contributed by atoms with Crippen molar-refractivity contribution in [1.29, 1.82) is 0 Å². The third-order valence-electron chi connectivity index (χ3n) is 3.85. The van der Waals surface area contributed by atoms with Gasteiger partial charge in [-0.25, -0.2) is 9.59 Å². The summed E-state index contributed by atoms with van der Waals surface area (Å²) >= 11 is 0. The zero-order chi connectivity index (χ0) is 17.3. The Morgan fingerprint density at radius 1 is 1.33 bits per heavy atom. The Balaban J connectivity index is 1.87. The highest BCUT2D eigenvalue weighted by Gasteiger charge is 2.28. The Morgan fingerprint density at radius 2 is 2.12 bits per heavy atom. The van der Waals surface area contributed by atoms with E-state index in [2.05, 4.69) is 11.8 Å². The zero-order valence-corrected chi connectivity index (χ0v) is 13.4. The van der Waals surface area contributed by atoms with Gasteiger partial charge in [-0.05, 0) is 42.8 Å². The van der Waals surface area contributed by atoms with E-state index in [1.165, 1.54) is 6.07 Å². The van der Waals surface area contributed by atoms with Gasteiger partial charge in [-0.15, -0.1) is 5.92 Å². The van der Waals surface area contributed by atoms with Crippen LogP contribution in [0, 0.1) is 11.8 Å². The van der Waals surface area contributed by atoms with Gasteiger partial charge in [0, 0.05) is 12.6 Å². The highest BCUT2D eigenvalue weighted by atomic mass is 16.4. The van der Waals surface area contributed by atoms with E-state index < -0.39 is 5.97 Å². The fourth-order valence-electron chi connectivity index (χ4n) is 2.74. The predicted octanol–water partition coefficient (Wildman–Crippen LogP) is 2.92. The topological polar surface area (TPSA) is 74.0 Å². The van der Waals surface area contributed by atoms with Crippen molar-refractivity contribution in [3.05, 3.63) is 53.0 Å². The van der Waals surface area contributed by atoms with E-state index in [9.17, 15) is 9.59 Å². The van der Waals surface area contributed by atoms with Gasteiger partial charge in [0.2, 0.25) is 5.76 Å². The monoisotopic (exact) mass is 324 g/mol. The van der Waals surface area contributed by atoms with E-state index in [0.717, 1.165) is 16.8 Å². The number of anilines is 1. The van der Waals surface area contributed by atoms with Gasteiger partial charge in [-0.2, -0.15) is 0 Å². The van der Waals surface area contributed by atoms with Crippen molar-refractivity contribution in [3.8, 4) is 11.8 Å². The molecule has 0 fully saturated rings. The summed E-state index contributed by atoms with van der Waals surface area (Å²) in [6.07, 6.45) is 0. The van der Waals surface area contributed by atoms with Crippen molar-refractivity contribution in [2.75, 3.05) is 11.9 Å². The molecule has 0 spiro atoms. The zero-order valence-electron chi connectivity index (χ0n) is 13.4. The fraction of sp³-hybridized carbons (Fsp3) is 0.222. The summed E-state index contributed by atoms with van der Waals surface area (Å²) in [5.41, 5.74) is 2.73. The van der Waals surface area contributed by atoms with Crippen LogP contribution in [0.15, 0.2) is 34.7 Å². The SMILES string of the molecule is CC#Cc1ccc2c(c1)CN(Cc1ccc(C(=O)O)o1)C(=O)N2C. The first-order valence-electron chi connectivity index (χ1n) is 7.40. The molecule has 1 aromatic heterocycles. The second-order valence-electron chi connectivity index (χ2n) is 5.49. The van der Waals surface area contributed by atoms with Gasteiger partial charge >= 0.3 is 12.0 Å². The quantitative estimate of drug-likeness (QED) is 0.881. The third-order valence-corrected chi connectivity index (χ3v) is 3.85. The number of rotatable bonds is 3. The Hall–Kier alpha value is -3.20. The second-order valence-corrected chi connectivity index (χ2v) is 5.49. The highest BCUT2D eigenvalue weighted by Crippen LogP contribution is 2.29. The molecule has 0 saturated carbocycles.